The van der Waals surface area contributed by atoms with E-state index < -0.39 is 40.5 Å². The van der Waals surface area contributed by atoms with E-state index in [0.29, 0.717) is 22.7 Å². The van der Waals surface area contributed by atoms with Gasteiger partial charge in [-0.15, -0.1) is 11.6 Å². The quantitative estimate of drug-likeness (QED) is 0.326. The van der Waals surface area contributed by atoms with Gasteiger partial charge in [0.05, 0.1) is 22.6 Å². The third-order valence-electron chi connectivity index (χ3n) is 3.99. The number of halogens is 6. The second-order valence-corrected chi connectivity index (χ2v) is 6.07. The van der Waals surface area contributed by atoms with Crippen molar-refractivity contribution in [3.8, 4) is 0 Å². The first-order valence-electron chi connectivity index (χ1n) is 7.64. The number of rotatable bonds is 3. The van der Waals surface area contributed by atoms with Crippen LogP contribution in [0.2, 0.25) is 0 Å². The van der Waals surface area contributed by atoms with E-state index in [0.717, 1.165) is 0 Å². The van der Waals surface area contributed by atoms with E-state index in [1.54, 1.807) is 25.1 Å². The van der Waals surface area contributed by atoms with E-state index in [9.17, 15) is 27.2 Å². The monoisotopic (exact) mass is 402 g/mol. The van der Waals surface area contributed by atoms with Gasteiger partial charge in [0.2, 0.25) is 0 Å². The maximum atomic E-state index is 14.6. The van der Waals surface area contributed by atoms with Crippen LogP contribution in [0, 0.1) is 18.6 Å². The number of benzene rings is 2. The Bertz CT molecular complexity index is 1020. The lowest BCUT2D eigenvalue weighted by Gasteiger charge is -2.23. The first kappa shape index (κ1) is 19.3. The van der Waals surface area contributed by atoms with E-state index in [1.165, 1.54) is 12.1 Å². The van der Waals surface area contributed by atoms with Crippen molar-refractivity contribution in [2.75, 3.05) is 5.06 Å². The first-order valence-corrected chi connectivity index (χ1v) is 8.18. The van der Waals surface area contributed by atoms with Crippen LogP contribution in [-0.2, 0) is 12.1 Å². The molecule has 142 valence electrons. The Morgan fingerprint density at radius 2 is 1.81 bits per heavy atom. The fourth-order valence-electron chi connectivity index (χ4n) is 2.71. The predicted molar refractivity (Wildman–Crippen MR) is 91.3 cm³/mol. The van der Waals surface area contributed by atoms with Gasteiger partial charge in [-0.1, -0.05) is 6.07 Å². The summed E-state index contributed by atoms with van der Waals surface area (Å²) in [6.07, 6.45) is -5.09. The van der Waals surface area contributed by atoms with Crippen molar-refractivity contribution in [2.24, 2.45) is 0 Å². The molecule has 0 radical (unpaired) electrons. The van der Waals surface area contributed by atoms with Gasteiger partial charge in [-0.25, -0.2) is 13.8 Å². The average Bonchev–Trinajstić information content (AvgIpc) is 2.60. The van der Waals surface area contributed by atoms with Crippen LogP contribution >= 0.6 is 11.6 Å². The standard InChI is InChI=1S/C18H12ClF5N2O/c1-9-5-6-11-13(25-9)3-2-4-14(11)26(27)17-15(20)10(8-19)7-12(16(17)21)18(22,23)24/h2-7,27H,8H2,1H3. The van der Waals surface area contributed by atoms with E-state index in [2.05, 4.69) is 4.98 Å². The molecule has 0 unspecified atom stereocenters. The Morgan fingerprint density at radius 3 is 2.44 bits per heavy atom. The number of aromatic nitrogens is 1. The van der Waals surface area contributed by atoms with Crippen molar-refractivity contribution in [1.29, 1.82) is 0 Å². The van der Waals surface area contributed by atoms with Gasteiger partial charge < -0.3 is 0 Å². The van der Waals surface area contributed by atoms with E-state index in [1.807, 2.05) is 0 Å². The third-order valence-corrected chi connectivity index (χ3v) is 4.28. The van der Waals surface area contributed by atoms with Gasteiger partial charge in [0.25, 0.3) is 0 Å². The zero-order valence-electron chi connectivity index (χ0n) is 13.8. The van der Waals surface area contributed by atoms with E-state index in [4.69, 9.17) is 11.6 Å². The minimum absolute atomic E-state index is 0.0509. The molecule has 2 aromatic carbocycles. The molecular formula is C18H12ClF5N2O. The van der Waals surface area contributed by atoms with Gasteiger partial charge in [0.15, 0.2) is 11.6 Å². The summed E-state index contributed by atoms with van der Waals surface area (Å²) in [7, 11) is 0. The first-order chi connectivity index (χ1) is 12.6. The number of hydrogen-bond donors (Lipinski definition) is 1. The van der Waals surface area contributed by atoms with Crippen molar-refractivity contribution in [3.05, 3.63) is 64.9 Å². The molecule has 0 spiro atoms. The molecule has 0 fully saturated rings. The van der Waals surface area contributed by atoms with E-state index >= 15 is 0 Å². The summed E-state index contributed by atoms with van der Waals surface area (Å²) in [6, 6.07) is 7.80. The van der Waals surface area contributed by atoms with Crippen LogP contribution in [0.5, 0.6) is 0 Å². The van der Waals surface area contributed by atoms with Gasteiger partial charge in [-0.2, -0.15) is 13.2 Å². The van der Waals surface area contributed by atoms with Crippen molar-refractivity contribution in [3.63, 3.8) is 0 Å². The molecule has 0 bridgehead atoms. The fourth-order valence-corrected chi connectivity index (χ4v) is 2.91. The summed E-state index contributed by atoms with van der Waals surface area (Å²) in [5.74, 6) is -3.95. The lowest BCUT2D eigenvalue weighted by molar-refractivity contribution is -0.140. The normalized spacial score (nSPS) is 11.9. The fraction of sp³-hybridized carbons (Fsp3) is 0.167. The highest BCUT2D eigenvalue weighted by atomic mass is 35.5. The van der Waals surface area contributed by atoms with Crippen LogP contribution in [0.4, 0.5) is 33.3 Å². The Kier molecular flexibility index (Phi) is 4.96. The lowest BCUT2D eigenvalue weighted by Crippen LogP contribution is -2.19. The van der Waals surface area contributed by atoms with Crippen LogP contribution in [0.3, 0.4) is 0 Å². The summed E-state index contributed by atoms with van der Waals surface area (Å²) in [5, 5.41) is 10.8. The minimum atomic E-state index is -5.09. The molecular weight excluding hydrogens is 391 g/mol. The molecule has 0 amide bonds. The predicted octanol–water partition coefficient (Wildman–Crippen LogP) is 6.11. The molecule has 3 aromatic rings. The van der Waals surface area contributed by atoms with Gasteiger partial charge in [0, 0.05) is 16.6 Å². The summed E-state index contributed by atoms with van der Waals surface area (Å²) < 4.78 is 68.5. The smallest absolute Gasteiger partial charge is 0.283 e. The van der Waals surface area contributed by atoms with Gasteiger partial charge >= 0.3 is 6.18 Å². The maximum absolute atomic E-state index is 14.6. The number of anilines is 2. The van der Waals surface area contributed by atoms with Crippen molar-refractivity contribution in [1.82, 2.24) is 4.98 Å². The third kappa shape index (κ3) is 3.42. The largest absolute Gasteiger partial charge is 0.419 e. The second kappa shape index (κ2) is 6.94. The maximum Gasteiger partial charge on any atom is 0.419 e. The van der Waals surface area contributed by atoms with Crippen LogP contribution in [-0.4, -0.2) is 10.2 Å². The zero-order valence-corrected chi connectivity index (χ0v) is 14.5. The number of fused-ring (bicyclic) bond motifs is 1. The number of hydrogen-bond acceptors (Lipinski definition) is 3. The van der Waals surface area contributed by atoms with Crippen molar-refractivity contribution >= 4 is 33.9 Å². The minimum Gasteiger partial charge on any atom is -0.283 e. The molecule has 0 aliphatic carbocycles. The van der Waals surface area contributed by atoms with Crippen LogP contribution < -0.4 is 5.06 Å². The molecule has 3 rings (SSSR count). The van der Waals surface area contributed by atoms with Crippen molar-refractivity contribution < 1.29 is 27.2 Å². The molecule has 0 aliphatic heterocycles. The van der Waals surface area contributed by atoms with Crippen molar-refractivity contribution in [2.45, 2.75) is 19.0 Å². The van der Waals surface area contributed by atoms with Crippen LogP contribution in [0.1, 0.15) is 16.8 Å². The Labute approximate surface area is 155 Å². The topological polar surface area (TPSA) is 36.4 Å². The van der Waals surface area contributed by atoms with Gasteiger partial charge in [-0.05, 0) is 37.3 Å². The molecule has 27 heavy (non-hydrogen) atoms. The molecule has 0 aliphatic rings. The molecule has 1 N–H and O–H groups in total. The zero-order chi connectivity index (χ0) is 19.9. The average molecular weight is 403 g/mol. The molecule has 0 atom stereocenters. The summed E-state index contributed by atoms with van der Waals surface area (Å²) in [6.45, 7) is 1.72. The highest BCUT2D eigenvalue weighted by Crippen LogP contribution is 2.41. The molecule has 9 heteroatoms. The molecule has 0 saturated carbocycles. The number of pyridine rings is 1. The SMILES string of the molecule is Cc1ccc2c(N(O)c3c(F)c(CCl)cc(C(F)(F)F)c3F)cccc2n1. The Balaban J connectivity index is 2.28. The number of nitrogens with zero attached hydrogens (tertiary/aromatic N) is 2. The van der Waals surface area contributed by atoms with Crippen LogP contribution in [0.15, 0.2) is 36.4 Å². The van der Waals surface area contributed by atoms with E-state index in [-0.39, 0.29) is 10.8 Å². The highest BCUT2D eigenvalue weighted by Gasteiger charge is 2.38. The van der Waals surface area contributed by atoms with Crippen LogP contribution in [0.25, 0.3) is 10.9 Å². The summed E-state index contributed by atoms with van der Waals surface area (Å²) in [5.41, 5.74) is -2.63. The number of aryl methyl sites for hydroxylation is 1. The molecule has 3 nitrogen and oxygen atoms in total. The summed E-state index contributed by atoms with van der Waals surface area (Å²) >= 11 is 5.50. The second-order valence-electron chi connectivity index (χ2n) is 5.80. The number of alkyl halides is 4. The van der Waals surface area contributed by atoms with Gasteiger partial charge in [0.1, 0.15) is 5.69 Å². The van der Waals surface area contributed by atoms with Gasteiger partial charge in [-0.3, -0.25) is 10.2 Å². The molecule has 1 heterocycles. The Morgan fingerprint density at radius 1 is 1.11 bits per heavy atom. The lowest BCUT2D eigenvalue weighted by atomic mass is 10.1. The Hall–Kier alpha value is -2.45. The highest BCUT2D eigenvalue weighted by molar-refractivity contribution is 6.17. The summed E-state index contributed by atoms with van der Waals surface area (Å²) in [4.78, 5) is 4.22. The molecule has 1 aromatic heterocycles. The molecule has 0 saturated heterocycles.